The number of carbonyl (C=O) groups is 8. The Morgan fingerprint density at radius 3 is 1.43 bits per heavy atom. The molecule has 5 fully saturated rings. The first-order chi connectivity index (χ1) is 29.3. The molecule has 16 heteroatoms. The highest BCUT2D eigenvalue weighted by molar-refractivity contribution is 5.98. The van der Waals surface area contributed by atoms with Gasteiger partial charge in [-0.2, -0.15) is 0 Å². The van der Waals surface area contributed by atoms with Crippen LogP contribution in [0.15, 0.2) is 48.5 Å². The number of hydrogen-bond donors (Lipinski definition) is 2. The second-order valence-corrected chi connectivity index (χ2v) is 17.4. The Bertz CT molecular complexity index is 2080. The minimum absolute atomic E-state index is 0.0462. The van der Waals surface area contributed by atoms with Crippen molar-refractivity contribution in [2.24, 2.45) is 0 Å². The Labute approximate surface area is 355 Å². The number of ether oxygens (including phenoxy) is 1. The lowest BCUT2D eigenvalue weighted by molar-refractivity contribution is -0.153. The number of rotatable bonds is 9. The number of nitrogens with one attached hydrogen (secondary N) is 2. The van der Waals surface area contributed by atoms with Crippen molar-refractivity contribution in [2.75, 3.05) is 39.3 Å². The molecule has 5 heterocycles. The van der Waals surface area contributed by atoms with Gasteiger partial charge in [0.1, 0.15) is 30.8 Å². The fourth-order valence-electron chi connectivity index (χ4n) is 10.8. The van der Waals surface area contributed by atoms with Gasteiger partial charge in [-0.1, -0.05) is 48.5 Å². The van der Waals surface area contributed by atoms with Crippen molar-refractivity contribution < 1.29 is 43.1 Å². The summed E-state index contributed by atoms with van der Waals surface area (Å²) < 4.78 is 5.96. The van der Waals surface area contributed by atoms with Crippen molar-refractivity contribution in [1.29, 1.82) is 0 Å². The normalized spacial score (nSPS) is 26.9. The Morgan fingerprint density at radius 1 is 0.541 bits per heavy atom. The first kappa shape index (κ1) is 41.9. The number of likely N-dealkylation sites (tertiary alicyclic amines) is 5. The Hall–Kier alpha value is -5.80. The van der Waals surface area contributed by atoms with Crippen LogP contribution in [0.4, 0.5) is 4.79 Å². The molecule has 2 aromatic rings. The van der Waals surface area contributed by atoms with Gasteiger partial charge in [0.25, 0.3) is 0 Å². The molecular weight excluding hydrogens is 783 g/mol. The van der Waals surface area contributed by atoms with Crippen molar-refractivity contribution in [2.45, 2.75) is 120 Å². The number of hydrogen-bond acceptors (Lipinski definition) is 9. The van der Waals surface area contributed by atoms with Gasteiger partial charge in [-0.25, -0.2) is 4.79 Å². The molecule has 2 N–H and O–H groups in total. The molecule has 2 aromatic carbocycles. The average molecular weight is 838 g/mol. The fraction of sp³-hybridized carbons (Fsp3) is 0.556. The average Bonchev–Trinajstić information content (AvgIpc) is 4.10. The number of carbonyl (C=O) groups excluding carboxylic acids is 8. The van der Waals surface area contributed by atoms with Gasteiger partial charge >= 0.3 is 6.09 Å². The molecule has 5 aliphatic heterocycles. The summed E-state index contributed by atoms with van der Waals surface area (Å²) in [7, 11) is 0. The molecule has 0 bridgehead atoms. The van der Waals surface area contributed by atoms with Crippen LogP contribution in [0.5, 0.6) is 0 Å². The van der Waals surface area contributed by atoms with E-state index in [0.29, 0.717) is 51.6 Å². The first-order valence-electron chi connectivity index (χ1n) is 21.7. The van der Waals surface area contributed by atoms with E-state index in [4.69, 9.17) is 4.74 Å². The monoisotopic (exact) mass is 837 g/mol. The van der Waals surface area contributed by atoms with Gasteiger partial charge in [0.15, 0.2) is 5.78 Å². The molecule has 7 atom stereocenters. The van der Waals surface area contributed by atoms with Gasteiger partial charge in [-0.05, 0) is 80.5 Å². The van der Waals surface area contributed by atoms with E-state index in [1.807, 2.05) is 36.4 Å². The third-order valence-corrected chi connectivity index (χ3v) is 13.5. The summed E-state index contributed by atoms with van der Waals surface area (Å²) in [4.78, 5) is 116. The van der Waals surface area contributed by atoms with Gasteiger partial charge in [-0.15, -0.1) is 0 Å². The summed E-state index contributed by atoms with van der Waals surface area (Å²) in [5.74, 6) is -2.55. The second kappa shape index (κ2) is 17.3. The fourth-order valence-corrected chi connectivity index (χ4v) is 10.8. The maximum atomic E-state index is 14.7. The molecule has 0 unspecified atom stereocenters. The van der Waals surface area contributed by atoms with E-state index in [-0.39, 0.29) is 68.5 Å². The van der Waals surface area contributed by atoms with E-state index < -0.39 is 66.1 Å². The van der Waals surface area contributed by atoms with Crippen LogP contribution in [0.25, 0.3) is 11.1 Å². The van der Waals surface area contributed by atoms with Crippen LogP contribution in [-0.2, 0) is 38.3 Å². The number of Topliss-reactive ketones (excluding diaryl/α,β-unsaturated/α-hetero) is 1. The molecule has 5 saturated heterocycles. The van der Waals surface area contributed by atoms with Crippen LogP contribution in [0.1, 0.15) is 89.2 Å². The molecule has 8 rings (SSSR count). The van der Waals surface area contributed by atoms with Gasteiger partial charge in [-0.3, -0.25) is 38.5 Å². The largest absolute Gasteiger partial charge is 0.448 e. The highest BCUT2D eigenvalue weighted by atomic mass is 16.6. The second-order valence-electron chi connectivity index (χ2n) is 17.4. The van der Waals surface area contributed by atoms with Crippen LogP contribution in [0.2, 0.25) is 0 Å². The summed E-state index contributed by atoms with van der Waals surface area (Å²) in [6, 6.07) is 10.7. The van der Waals surface area contributed by atoms with E-state index in [9.17, 15) is 38.4 Å². The van der Waals surface area contributed by atoms with Crippen LogP contribution >= 0.6 is 0 Å². The zero-order valence-corrected chi connectivity index (χ0v) is 35.0. The molecule has 7 amide bonds. The van der Waals surface area contributed by atoms with Crippen molar-refractivity contribution in [3.8, 4) is 11.1 Å². The van der Waals surface area contributed by atoms with E-state index in [0.717, 1.165) is 22.3 Å². The lowest BCUT2D eigenvalue weighted by atomic mass is 9.98. The summed E-state index contributed by atoms with van der Waals surface area (Å²) in [6.45, 7) is 5.34. The Kier molecular flexibility index (Phi) is 11.9. The van der Waals surface area contributed by atoms with Gasteiger partial charge in [0, 0.05) is 64.6 Å². The number of fused-ring (bicyclic) bond motifs is 3. The number of benzene rings is 2. The van der Waals surface area contributed by atoms with Crippen LogP contribution in [0.3, 0.4) is 0 Å². The summed E-state index contributed by atoms with van der Waals surface area (Å²) in [5.41, 5.74) is 4.33. The lowest BCUT2D eigenvalue weighted by Crippen LogP contribution is -2.58. The molecule has 0 spiro atoms. The molecule has 0 aromatic heterocycles. The van der Waals surface area contributed by atoms with Gasteiger partial charge in [0.05, 0.1) is 6.04 Å². The highest BCUT2D eigenvalue weighted by Crippen LogP contribution is 2.44. The quantitative estimate of drug-likeness (QED) is 0.382. The summed E-state index contributed by atoms with van der Waals surface area (Å²) in [5, 5.41) is 5.71. The van der Waals surface area contributed by atoms with Crippen LogP contribution in [0, 0.1) is 0 Å². The first-order valence-corrected chi connectivity index (χ1v) is 21.7. The number of amides is 7. The summed E-state index contributed by atoms with van der Waals surface area (Å²) >= 11 is 0. The van der Waals surface area contributed by atoms with Crippen molar-refractivity contribution in [3.63, 3.8) is 0 Å². The topological polar surface area (TPSA) is 186 Å². The molecule has 1 aliphatic carbocycles. The zero-order valence-electron chi connectivity index (χ0n) is 35.0. The Morgan fingerprint density at radius 2 is 0.951 bits per heavy atom. The molecular formula is C45H55N7O9. The van der Waals surface area contributed by atoms with Crippen molar-refractivity contribution in [1.82, 2.24) is 35.1 Å². The third-order valence-electron chi connectivity index (χ3n) is 13.5. The lowest BCUT2D eigenvalue weighted by Gasteiger charge is -2.36. The maximum absolute atomic E-state index is 14.7. The smallest absolute Gasteiger partial charge is 0.410 e. The third kappa shape index (κ3) is 8.08. The molecule has 0 radical (unpaired) electrons. The van der Waals surface area contributed by atoms with E-state index in [1.165, 1.54) is 40.4 Å². The molecule has 0 saturated carbocycles. The van der Waals surface area contributed by atoms with Gasteiger partial charge in [0.2, 0.25) is 35.4 Å². The van der Waals surface area contributed by atoms with E-state index >= 15 is 0 Å². The van der Waals surface area contributed by atoms with Crippen molar-refractivity contribution >= 4 is 47.3 Å². The summed E-state index contributed by atoms with van der Waals surface area (Å²) in [6.07, 6.45) is 2.67. The predicted molar refractivity (Wildman–Crippen MR) is 220 cm³/mol. The van der Waals surface area contributed by atoms with E-state index in [1.54, 1.807) is 4.90 Å². The minimum Gasteiger partial charge on any atom is -0.448 e. The SMILES string of the molecule is CC(=O)N[C@H]1C[C@@H](C(=O)N2CCC[C@H]2C(=O)N2C[C@@H](NC(C)=O)C[C@H]2C(=O)N2CCC[C@H]2C(C)=O)N(C(=O)[C@@H]2CCCN2C(=O)OCC2c3ccccc3-c3ccccc32)C1. The van der Waals surface area contributed by atoms with Crippen LogP contribution in [-0.4, -0.2) is 153 Å². The van der Waals surface area contributed by atoms with Gasteiger partial charge < -0.3 is 35.0 Å². The predicted octanol–water partition coefficient (Wildman–Crippen LogP) is 2.18. The molecule has 6 aliphatic rings. The molecule has 61 heavy (non-hydrogen) atoms. The number of ketones is 1. The molecule has 324 valence electrons. The van der Waals surface area contributed by atoms with Crippen molar-refractivity contribution in [3.05, 3.63) is 59.7 Å². The molecule has 16 nitrogen and oxygen atoms in total. The maximum Gasteiger partial charge on any atom is 0.410 e. The Balaban J connectivity index is 0.984. The number of nitrogens with zero attached hydrogens (tertiary/aromatic N) is 5. The minimum atomic E-state index is -1.02. The zero-order chi connectivity index (χ0) is 43.1. The highest BCUT2D eigenvalue weighted by Gasteiger charge is 2.51. The standard InChI is InChI=1S/C45H55N7O9/c1-26(53)36-15-8-18-48(36)43(58)39-21-29(46-27(2)54)23-51(39)41(56)37-16-9-19-49(37)44(59)40-22-30(47-28(3)55)24-52(40)42(57)38-17-10-20-50(38)45(60)61-25-35-33-13-6-4-11-31(33)32-12-5-7-14-34(32)35/h4-7,11-14,29-30,35-40H,8-10,15-25H2,1-3H3,(H,46,54)(H,47,55)/t29-,30-,36-,37-,38-,39-,40-/m0/s1. The van der Waals surface area contributed by atoms with Crippen LogP contribution < -0.4 is 10.6 Å². The van der Waals surface area contributed by atoms with E-state index in [2.05, 4.69) is 22.8 Å².